The first kappa shape index (κ1) is 14.5. The Labute approximate surface area is 105 Å². The standard InChI is InChI=1S/C13H27N3O/c1-10(2)12(14)13(17)15-8-9-16(3)11-6-4-5-7-11/h10-12H,4-9,14H2,1-3H3,(H,15,17)/t12-/m1/s1. The van der Waals surface area contributed by atoms with Crippen molar-refractivity contribution in [2.75, 3.05) is 20.1 Å². The van der Waals surface area contributed by atoms with Gasteiger partial charge in [0.1, 0.15) is 0 Å². The van der Waals surface area contributed by atoms with Gasteiger partial charge in [0.2, 0.25) is 5.91 Å². The van der Waals surface area contributed by atoms with Crippen molar-refractivity contribution < 1.29 is 4.79 Å². The molecule has 100 valence electrons. The van der Waals surface area contributed by atoms with E-state index < -0.39 is 0 Å². The van der Waals surface area contributed by atoms with Gasteiger partial charge in [-0.2, -0.15) is 0 Å². The van der Waals surface area contributed by atoms with E-state index in [-0.39, 0.29) is 17.9 Å². The SMILES string of the molecule is CC(C)[C@@H](N)C(=O)NCCN(C)C1CCCC1. The average molecular weight is 241 g/mol. The number of hydrogen-bond acceptors (Lipinski definition) is 3. The molecule has 1 aliphatic carbocycles. The molecule has 0 saturated heterocycles. The van der Waals surface area contributed by atoms with Crippen LogP contribution in [0.1, 0.15) is 39.5 Å². The summed E-state index contributed by atoms with van der Waals surface area (Å²) < 4.78 is 0. The van der Waals surface area contributed by atoms with Gasteiger partial charge < -0.3 is 16.0 Å². The summed E-state index contributed by atoms with van der Waals surface area (Å²) in [5.41, 5.74) is 5.77. The van der Waals surface area contributed by atoms with Crippen LogP contribution in [0.2, 0.25) is 0 Å². The van der Waals surface area contributed by atoms with E-state index in [4.69, 9.17) is 5.73 Å². The van der Waals surface area contributed by atoms with Crippen molar-refractivity contribution in [3.8, 4) is 0 Å². The second-order valence-corrected chi connectivity index (χ2v) is 5.48. The van der Waals surface area contributed by atoms with Crippen LogP contribution in [0.15, 0.2) is 0 Å². The fourth-order valence-corrected chi connectivity index (χ4v) is 2.30. The lowest BCUT2D eigenvalue weighted by molar-refractivity contribution is -0.123. The molecule has 0 spiro atoms. The van der Waals surface area contributed by atoms with Crippen LogP contribution < -0.4 is 11.1 Å². The van der Waals surface area contributed by atoms with E-state index >= 15 is 0 Å². The highest BCUT2D eigenvalue weighted by atomic mass is 16.2. The lowest BCUT2D eigenvalue weighted by Crippen LogP contribution is -2.46. The summed E-state index contributed by atoms with van der Waals surface area (Å²) in [5.74, 6) is 0.169. The van der Waals surface area contributed by atoms with Crippen LogP contribution in [-0.2, 0) is 4.79 Å². The van der Waals surface area contributed by atoms with Crippen molar-refractivity contribution in [1.29, 1.82) is 0 Å². The Morgan fingerprint density at radius 1 is 1.41 bits per heavy atom. The smallest absolute Gasteiger partial charge is 0.237 e. The molecule has 0 heterocycles. The Kier molecular flexibility index (Phi) is 5.92. The maximum absolute atomic E-state index is 11.6. The minimum Gasteiger partial charge on any atom is -0.353 e. The molecule has 0 bridgehead atoms. The van der Waals surface area contributed by atoms with Crippen LogP contribution in [0.4, 0.5) is 0 Å². The van der Waals surface area contributed by atoms with Gasteiger partial charge in [-0.1, -0.05) is 26.7 Å². The molecule has 3 N–H and O–H groups in total. The third kappa shape index (κ3) is 4.64. The van der Waals surface area contributed by atoms with Crippen molar-refractivity contribution >= 4 is 5.91 Å². The lowest BCUT2D eigenvalue weighted by atomic mass is 10.1. The fourth-order valence-electron chi connectivity index (χ4n) is 2.30. The van der Waals surface area contributed by atoms with E-state index in [1.807, 2.05) is 13.8 Å². The summed E-state index contributed by atoms with van der Waals surface area (Å²) in [4.78, 5) is 14.0. The van der Waals surface area contributed by atoms with Crippen LogP contribution in [-0.4, -0.2) is 43.0 Å². The van der Waals surface area contributed by atoms with Gasteiger partial charge in [0.05, 0.1) is 6.04 Å². The molecule has 1 aliphatic rings. The predicted molar refractivity (Wildman–Crippen MR) is 70.7 cm³/mol. The number of nitrogens with one attached hydrogen (secondary N) is 1. The molecule has 17 heavy (non-hydrogen) atoms. The zero-order valence-electron chi connectivity index (χ0n) is 11.4. The molecule has 4 heteroatoms. The zero-order chi connectivity index (χ0) is 12.8. The first-order valence-electron chi connectivity index (χ1n) is 6.76. The molecule has 0 aromatic carbocycles. The number of hydrogen-bond donors (Lipinski definition) is 2. The van der Waals surface area contributed by atoms with Crippen molar-refractivity contribution in [3.05, 3.63) is 0 Å². The van der Waals surface area contributed by atoms with Gasteiger partial charge in [-0.25, -0.2) is 0 Å². The van der Waals surface area contributed by atoms with Gasteiger partial charge in [-0.15, -0.1) is 0 Å². The molecular formula is C13H27N3O. The Hall–Kier alpha value is -0.610. The number of amides is 1. The summed E-state index contributed by atoms with van der Waals surface area (Å²) in [6.07, 6.45) is 5.30. The lowest BCUT2D eigenvalue weighted by Gasteiger charge is -2.24. The minimum atomic E-state index is -0.383. The van der Waals surface area contributed by atoms with Crippen LogP contribution >= 0.6 is 0 Å². The maximum Gasteiger partial charge on any atom is 0.237 e. The highest BCUT2D eigenvalue weighted by molar-refractivity contribution is 5.81. The number of carbonyl (C=O) groups is 1. The summed E-state index contributed by atoms with van der Waals surface area (Å²) >= 11 is 0. The molecule has 0 aromatic rings. The van der Waals surface area contributed by atoms with Gasteiger partial charge in [0.15, 0.2) is 0 Å². The van der Waals surface area contributed by atoms with Crippen molar-refractivity contribution in [1.82, 2.24) is 10.2 Å². The Morgan fingerprint density at radius 2 is 2.00 bits per heavy atom. The largest absolute Gasteiger partial charge is 0.353 e. The fraction of sp³-hybridized carbons (Fsp3) is 0.923. The summed E-state index contributed by atoms with van der Waals surface area (Å²) in [7, 11) is 2.14. The third-order valence-electron chi connectivity index (χ3n) is 3.73. The molecule has 4 nitrogen and oxygen atoms in total. The Bertz CT molecular complexity index is 237. The molecule has 1 saturated carbocycles. The number of rotatable bonds is 6. The minimum absolute atomic E-state index is 0.0279. The average Bonchev–Trinajstić information content (AvgIpc) is 2.80. The Balaban J connectivity index is 2.16. The number of nitrogens with zero attached hydrogens (tertiary/aromatic N) is 1. The van der Waals surface area contributed by atoms with E-state index in [2.05, 4.69) is 17.3 Å². The second-order valence-electron chi connectivity index (χ2n) is 5.48. The van der Waals surface area contributed by atoms with Crippen LogP contribution in [0.25, 0.3) is 0 Å². The first-order chi connectivity index (χ1) is 8.02. The van der Waals surface area contributed by atoms with Gasteiger partial charge in [0.25, 0.3) is 0 Å². The number of nitrogens with two attached hydrogens (primary N) is 1. The molecular weight excluding hydrogens is 214 g/mol. The molecule has 1 amide bonds. The van der Waals surface area contributed by atoms with Crippen molar-refractivity contribution in [2.45, 2.75) is 51.6 Å². The van der Waals surface area contributed by atoms with Gasteiger partial charge in [-0.05, 0) is 25.8 Å². The zero-order valence-corrected chi connectivity index (χ0v) is 11.4. The molecule has 0 radical (unpaired) electrons. The highest BCUT2D eigenvalue weighted by Crippen LogP contribution is 2.21. The van der Waals surface area contributed by atoms with Crippen LogP contribution in [0.5, 0.6) is 0 Å². The van der Waals surface area contributed by atoms with Gasteiger partial charge >= 0.3 is 0 Å². The van der Waals surface area contributed by atoms with Crippen LogP contribution in [0.3, 0.4) is 0 Å². The quantitative estimate of drug-likeness (QED) is 0.728. The Morgan fingerprint density at radius 3 is 2.53 bits per heavy atom. The topological polar surface area (TPSA) is 58.4 Å². The summed E-state index contributed by atoms with van der Waals surface area (Å²) in [6, 6.07) is 0.331. The summed E-state index contributed by atoms with van der Waals surface area (Å²) in [5, 5.41) is 2.91. The van der Waals surface area contributed by atoms with E-state index in [0.717, 1.165) is 6.54 Å². The van der Waals surface area contributed by atoms with E-state index in [0.29, 0.717) is 12.6 Å². The van der Waals surface area contributed by atoms with Crippen LogP contribution in [0, 0.1) is 5.92 Å². The van der Waals surface area contributed by atoms with E-state index in [1.165, 1.54) is 25.7 Å². The molecule has 0 aliphatic heterocycles. The third-order valence-corrected chi connectivity index (χ3v) is 3.73. The highest BCUT2D eigenvalue weighted by Gasteiger charge is 2.20. The normalized spacial score (nSPS) is 18.9. The molecule has 1 fully saturated rings. The number of carbonyl (C=O) groups excluding carboxylic acids is 1. The molecule has 1 rings (SSSR count). The molecule has 0 aromatic heterocycles. The second kappa shape index (κ2) is 6.97. The summed E-state index contributed by atoms with van der Waals surface area (Å²) in [6.45, 7) is 5.55. The first-order valence-corrected chi connectivity index (χ1v) is 6.76. The number of likely N-dealkylation sites (N-methyl/N-ethyl adjacent to an activating group) is 1. The van der Waals surface area contributed by atoms with Gasteiger partial charge in [-0.3, -0.25) is 4.79 Å². The molecule has 0 unspecified atom stereocenters. The van der Waals surface area contributed by atoms with Crippen molar-refractivity contribution in [3.63, 3.8) is 0 Å². The molecule has 1 atom stereocenters. The monoisotopic (exact) mass is 241 g/mol. The maximum atomic E-state index is 11.6. The van der Waals surface area contributed by atoms with E-state index in [9.17, 15) is 4.79 Å². The van der Waals surface area contributed by atoms with Crippen molar-refractivity contribution in [2.24, 2.45) is 11.7 Å². The predicted octanol–water partition coefficient (Wildman–Crippen LogP) is 0.960. The van der Waals surface area contributed by atoms with Gasteiger partial charge in [0, 0.05) is 19.1 Å². The van der Waals surface area contributed by atoms with E-state index in [1.54, 1.807) is 0 Å².